The summed E-state index contributed by atoms with van der Waals surface area (Å²) in [5, 5.41) is 3.55. The lowest BCUT2D eigenvalue weighted by Crippen LogP contribution is -2.41. The first-order valence-corrected chi connectivity index (χ1v) is 6.97. The number of nitrogens with one attached hydrogen (secondary N) is 1. The molecule has 0 aliphatic heterocycles. The third-order valence-electron chi connectivity index (χ3n) is 3.44. The quantitative estimate of drug-likeness (QED) is 0.841. The van der Waals surface area contributed by atoms with Crippen molar-refractivity contribution in [2.45, 2.75) is 25.3 Å². The van der Waals surface area contributed by atoms with E-state index in [0.717, 1.165) is 12.8 Å². The summed E-state index contributed by atoms with van der Waals surface area (Å²) in [5.41, 5.74) is 6.60. The molecule has 0 saturated heterocycles. The van der Waals surface area contributed by atoms with Gasteiger partial charge in [0.15, 0.2) is 0 Å². The maximum Gasteiger partial charge on any atom is 0.238 e. The van der Waals surface area contributed by atoms with Crippen LogP contribution in [0.3, 0.4) is 0 Å². The monoisotopic (exact) mass is 301 g/mol. The minimum absolute atomic E-state index is 0.120. The number of anilines is 2. The van der Waals surface area contributed by atoms with Gasteiger partial charge >= 0.3 is 0 Å². The van der Waals surface area contributed by atoms with Crippen molar-refractivity contribution >= 4 is 40.5 Å². The minimum atomic E-state index is -0.120. The number of likely N-dealkylation sites (N-methyl/N-ethyl adjacent to an activating group) is 1. The van der Waals surface area contributed by atoms with Gasteiger partial charge in [0.25, 0.3) is 0 Å². The van der Waals surface area contributed by atoms with Gasteiger partial charge in [0.05, 0.1) is 22.9 Å². The van der Waals surface area contributed by atoms with Crippen LogP contribution < -0.4 is 11.1 Å². The molecular weight excluding hydrogens is 285 g/mol. The molecule has 2 rings (SSSR count). The van der Waals surface area contributed by atoms with Crippen molar-refractivity contribution in [1.29, 1.82) is 0 Å². The van der Waals surface area contributed by atoms with Crippen LogP contribution in [-0.4, -0.2) is 30.4 Å². The average Bonchev–Trinajstić information content (AvgIpc) is 2.20. The highest BCUT2D eigenvalue weighted by atomic mass is 35.5. The van der Waals surface area contributed by atoms with E-state index in [9.17, 15) is 4.79 Å². The highest BCUT2D eigenvalue weighted by Crippen LogP contribution is 2.32. The third kappa shape index (κ3) is 3.53. The van der Waals surface area contributed by atoms with Crippen LogP contribution in [0.25, 0.3) is 0 Å². The summed E-state index contributed by atoms with van der Waals surface area (Å²) in [7, 11) is 1.95. The lowest BCUT2D eigenvalue weighted by Gasteiger charge is -2.34. The second-order valence-corrected chi connectivity index (χ2v) is 5.74. The van der Waals surface area contributed by atoms with Crippen LogP contribution >= 0.6 is 23.2 Å². The van der Waals surface area contributed by atoms with Crippen molar-refractivity contribution in [2.24, 2.45) is 0 Å². The Kier molecular flexibility index (Phi) is 4.55. The molecule has 1 fully saturated rings. The first-order chi connectivity index (χ1) is 8.97. The summed E-state index contributed by atoms with van der Waals surface area (Å²) in [6.45, 7) is 0.336. The number of hydrogen-bond donors (Lipinski definition) is 2. The Balaban J connectivity index is 1.98. The van der Waals surface area contributed by atoms with Gasteiger partial charge in [-0.15, -0.1) is 0 Å². The molecule has 1 aromatic carbocycles. The molecule has 1 amide bonds. The van der Waals surface area contributed by atoms with E-state index in [1.807, 2.05) is 7.05 Å². The lowest BCUT2D eigenvalue weighted by atomic mass is 9.92. The topological polar surface area (TPSA) is 58.4 Å². The van der Waals surface area contributed by atoms with E-state index in [0.29, 0.717) is 34.0 Å². The Labute approximate surface area is 122 Å². The number of nitrogens with zero attached hydrogens (tertiary/aromatic N) is 1. The Bertz CT molecular complexity index is 466. The molecule has 0 radical (unpaired) electrons. The van der Waals surface area contributed by atoms with Gasteiger partial charge in [0, 0.05) is 11.1 Å². The van der Waals surface area contributed by atoms with E-state index < -0.39 is 0 Å². The molecule has 6 heteroatoms. The number of benzene rings is 1. The highest BCUT2D eigenvalue weighted by molar-refractivity contribution is 6.37. The summed E-state index contributed by atoms with van der Waals surface area (Å²) in [5.74, 6) is -0.120. The third-order valence-corrected chi connectivity index (χ3v) is 3.96. The van der Waals surface area contributed by atoms with Gasteiger partial charge in [-0.1, -0.05) is 29.6 Å². The van der Waals surface area contributed by atoms with E-state index in [2.05, 4.69) is 10.2 Å². The number of nitrogen functional groups attached to an aromatic ring is 1. The summed E-state index contributed by atoms with van der Waals surface area (Å²) in [6.07, 6.45) is 3.56. The average molecular weight is 302 g/mol. The molecule has 0 spiro atoms. The van der Waals surface area contributed by atoms with Crippen LogP contribution in [0.15, 0.2) is 12.1 Å². The van der Waals surface area contributed by atoms with Crippen molar-refractivity contribution in [2.75, 3.05) is 24.6 Å². The Morgan fingerprint density at radius 2 is 2.16 bits per heavy atom. The Morgan fingerprint density at radius 1 is 1.47 bits per heavy atom. The molecule has 104 valence electrons. The normalized spacial score (nSPS) is 15.4. The standard InChI is InChI=1S/C13H17Cl2N3O/c1-18(9-3-2-4-9)7-12(19)17-13-10(15)5-8(14)6-11(13)16/h5-6,9H,2-4,7,16H2,1H3,(H,17,19). The second kappa shape index (κ2) is 5.99. The fourth-order valence-corrected chi connectivity index (χ4v) is 2.64. The summed E-state index contributed by atoms with van der Waals surface area (Å²) in [6, 6.07) is 3.65. The van der Waals surface area contributed by atoms with Gasteiger partial charge in [-0.3, -0.25) is 9.69 Å². The molecule has 19 heavy (non-hydrogen) atoms. The molecule has 0 atom stereocenters. The van der Waals surface area contributed by atoms with E-state index >= 15 is 0 Å². The first kappa shape index (κ1) is 14.4. The maximum absolute atomic E-state index is 12.0. The summed E-state index contributed by atoms with van der Waals surface area (Å²) >= 11 is 11.8. The minimum Gasteiger partial charge on any atom is -0.397 e. The zero-order valence-electron chi connectivity index (χ0n) is 10.7. The molecular formula is C13H17Cl2N3O. The molecule has 0 unspecified atom stereocenters. The van der Waals surface area contributed by atoms with E-state index in [1.165, 1.54) is 6.42 Å². The number of carbonyl (C=O) groups is 1. The molecule has 1 aliphatic carbocycles. The maximum atomic E-state index is 12.0. The number of hydrogen-bond acceptors (Lipinski definition) is 3. The number of carbonyl (C=O) groups excluding carboxylic acids is 1. The van der Waals surface area contributed by atoms with Gasteiger partial charge < -0.3 is 11.1 Å². The van der Waals surface area contributed by atoms with Crippen LogP contribution in [0.4, 0.5) is 11.4 Å². The largest absolute Gasteiger partial charge is 0.397 e. The van der Waals surface area contributed by atoms with E-state index in [-0.39, 0.29) is 5.91 Å². The number of amides is 1. The zero-order valence-corrected chi connectivity index (χ0v) is 12.3. The van der Waals surface area contributed by atoms with Crippen LogP contribution in [0, 0.1) is 0 Å². The van der Waals surface area contributed by atoms with Gasteiger partial charge in [0.2, 0.25) is 5.91 Å². The second-order valence-electron chi connectivity index (χ2n) is 4.90. The van der Waals surface area contributed by atoms with Gasteiger partial charge in [0.1, 0.15) is 0 Å². The number of nitrogens with two attached hydrogens (primary N) is 1. The van der Waals surface area contributed by atoms with Crippen LogP contribution in [0.2, 0.25) is 10.0 Å². The first-order valence-electron chi connectivity index (χ1n) is 6.22. The van der Waals surface area contributed by atoms with Crippen molar-refractivity contribution in [3.63, 3.8) is 0 Å². The van der Waals surface area contributed by atoms with Gasteiger partial charge in [-0.2, -0.15) is 0 Å². The summed E-state index contributed by atoms with van der Waals surface area (Å²) < 4.78 is 0. The molecule has 1 aromatic rings. The molecule has 3 N–H and O–H groups in total. The predicted octanol–water partition coefficient (Wildman–Crippen LogP) is 3.00. The Hall–Kier alpha value is -0.970. The molecule has 0 aromatic heterocycles. The highest BCUT2D eigenvalue weighted by Gasteiger charge is 2.23. The van der Waals surface area contributed by atoms with Gasteiger partial charge in [-0.25, -0.2) is 0 Å². The van der Waals surface area contributed by atoms with E-state index in [4.69, 9.17) is 28.9 Å². The van der Waals surface area contributed by atoms with Crippen molar-refractivity contribution < 1.29 is 4.79 Å². The molecule has 0 bridgehead atoms. The van der Waals surface area contributed by atoms with Crippen molar-refractivity contribution in [1.82, 2.24) is 4.90 Å². The fourth-order valence-electron chi connectivity index (χ4n) is 2.09. The molecule has 4 nitrogen and oxygen atoms in total. The number of halogens is 2. The molecule has 1 saturated carbocycles. The van der Waals surface area contributed by atoms with E-state index in [1.54, 1.807) is 12.1 Å². The van der Waals surface area contributed by atoms with Crippen molar-refractivity contribution in [3.05, 3.63) is 22.2 Å². The van der Waals surface area contributed by atoms with Crippen LogP contribution in [0.5, 0.6) is 0 Å². The van der Waals surface area contributed by atoms with Crippen LogP contribution in [0.1, 0.15) is 19.3 Å². The smallest absolute Gasteiger partial charge is 0.238 e. The predicted molar refractivity (Wildman–Crippen MR) is 79.8 cm³/mol. The van der Waals surface area contributed by atoms with Gasteiger partial charge in [-0.05, 0) is 32.0 Å². The summed E-state index contributed by atoms with van der Waals surface area (Å²) in [4.78, 5) is 14.0. The lowest BCUT2D eigenvalue weighted by molar-refractivity contribution is -0.117. The fraction of sp³-hybridized carbons (Fsp3) is 0.462. The molecule has 0 heterocycles. The SMILES string of the molecule is CN(CC(=O)Nc1c(N)cc(Cl)cc1Cl)C1CCC1. The molecule has 1 aliphatic rings. The zero-order chi connectivity index (χ0) is 14.0. The number of rotatable bonds is 4. The Morgan fingerprint density at radius 3 is 2.68 bits per heavy atom. The van der Waals surface area contributed by atoms with Crippen LogP contribution in [-0.2, 0) is 4.79 Å². The van der Waals surface area contributed by atoms with Crippen molar-refractivity contribution in [3.8, 4) is 0 Å².